The fourth-order valence-corrected chi connectivity index (χ4v) is 3.05. The molecule has 4 heteroatoms. The van der Waals surface area contributed by atoms with E-state index in [-0.39, 0.29) is 5.56 Å². The molecule has 0 aliphatic carbocycles. The van der Waals surface area contributed by atoms with Crippen LogP contribution in [0, 0.1) is 0 Å². The fourth-order valence-electron chi connectivity index (χ4n) is 3.05. The number of rotatable bonds is 4. The van der Waals surface area contributed by atoms with Gasteiger partial charge in [0.2, 0.25) is 0 Å². The van der Waals surface area contributed by atoms with Crippen LogP contribution < -0.4 is 10.3 Å². The molecule has 0 bridgehead atoms. The number of aromatic amines is 1. The first-order chi connectivity index (χ1) is 12.3. The zero-order chi connectivity index (χ0) is 17.1. The van der Waals surface area contributed by atoms with Crippen LogP contribution in [0.15, 0.2) is 65.6 Å². The lowest BCUT2D eigenvalue weighted by Crippen LogP contribution is -2.09. The Kier molecular flexibility index (Phi) is 4.17. The van der Waals surface area contributed by atoms with E-state index in [9.17, 15) is 4.79 Å². The van der Waals surface area contributed by atoms with E-state index in [1.54, 1.807) is 6.20 Å². The van der Waals surface area contributed by atoms with Crippen LogP contribution in [0.1, 0.15) is 22.5 Å². The molecule has 1 N–H and O–H groups in total. The Morgan fingerprint density at radius 3 is 2.88 bits per heavy atom. The second kappa shape index (κ2) is 6.77. The molecule has 0 fully saturated rings. The fraction of sp³-hybridized carbons (Fsp3) is 0.143. The molecule has 1 aliphatic rings. The van der Waals surface area contributed by atoms with Crippen LogP contribution in [0.2, 0.25) is 0 Å². The summed E-state index contributed by atoms with van der Waals surface area (Å²) >= 11 is 0. The van der Waals surface area contributed by atoms with Gasteiger partial charge in [0.05, 0.1) is 6.61 Å². The number of H-pyrrole nitrogens is 1. The Balaban J connectivity index is 1.75. The quantitative estimate of drug-likeness (QED) is 0.797. The summed E-state index contributed by atoms with van der Waals surface area (Å²) in [5, 5.41) is 0. The van der Waals surface area contributed by atoms with Crippen molar-refractivity contribution in [2.45, 2.75) is 12.8 Å². The molecule has 124 valence electrons. The first-order valence-corrected chi connectivity index (χ1v) is 8.34. The van der Waals surface area contributed by atoms with Crippen LogP contribution in [-0.2, 0) is 12.8 Å². The summed E-state index contributed by atoms with van der Waals surface area (Å²) in [6, 6.07) is 17.8. The number of hydrogen-bond acceptors (Lipinski definition) is 3. The summed E-state index contributed by atoms with van der Waals surface area (Å²) in [5.74, 6) is 1.57. The number of fused-ring (bicyclic) bond motifs is 1. The highest BCUT2D eigenvalue weighted by molar-refractivity contribution is 5.80. The van der Waals surface area contributed by atoms with Gasteiger partial charge in [-0.1, -0.05) is 36.4 Å². The topological polar surface area (TPSA) is 55.0 Å². The first-order valence-electron chi connectivity index (χ1n) is 8.34. The first kappa shape index (κ1) is 15.4. The van der Waals surface area contributed by atoms with Gasteiger partial charge in [0, 0.05) is 25.1 Å². The lowest BCUT2D eigenvalue weighted by atomic mass is 10.0. The molecule has 0 amide bonds. The van der Waals surface area contributed by atoms with Crippen LogP contribution in [0.5, 0.6) is 5.75 Å². The van der Waals surface area contributed by atoms with Crippen LogP contribution in [0.25, 0.3) is 11.6 Å². The molecule has 4 rings (SSSR count). The number of hydrogen-bond donors (Lipinski definition) is 1. The molecule has 2 aromatic carbocycles. The largest absolute Gasteiger partial charge is 0.493 e. The SMILES string of the molecule is O=c1ccnc(C(=Cc2ccc3c(c2)CCO3)Cc2ccccc2)[nH]1. The van der Waals surface area contributed by atoms with Crippen molar-refractivity contribution in [2.24, 2.45) is 0 Å². The zero-order valence-electron chi connectivity index (χ0n) is 13.7. The van der Waals surface area contributed by atoms with E-state index in [1.807, 2.05) is 30.3 Å². The lowest BCUT2D eigenvalue weighted by molar-refractivity contribution is 0.357. The van der Waals surface area contributed by atoms with Crippen LogP contribution >= 0.6 is 0 Å². The standard InChI is InChI=1S/C21H18N2O2/c24-20-8-10-22-21(23-20)18(12-15-4-2-1-3-5-15)14-16-6-7-19-17(13-16)9-11-25-19/h1-8,10,13-14H,9,11-12H2,(H,22,23,24). The van der Waals surface area contributed by atoms with Crippen LogP contribution in [0.3, 0.4) is 0 Å². The van der Waals surface area contributed by atoms with Crippen molar-refractivity contribution < 1.29 is 4.74 Å². The summed E-state index contributed by atoms with van der Waals surface area (Å²) in [5.41, 5.74) is 4.31. The van der Waals surface area contributed by atoms with E-state index in [4.69, 9.17) is 4.74 Å². The second-order valence-electron chi connectivity index (χ2n) is 6.08. The van der Waals surface area contributed by atoms with Gasteiger partial charge >= 0.3 is 0 Å². The second-order valence-corrected chi connectivity index (χ2v) is 6.08. The van der Waals surface area contributed by atoms with Gasteiger partial charge < -0.3 is 9.72 Å². The van der Waals surface area contributed by atoms with E-state index < -0.39 is 0 Å². The van der Waals surface area contributed by atoms with Crippen LogP contribution in [0.4, 0.5) is 0 Å². The Bertz CT molecular complexity index is 974. The maximum absolute atomic E-state index is 11.7. The van der Waals surface area contributed by atoms with Crippen molar-refractivity contribution in [2.75, 3.05) is 6.61 Å². The minimum Gasteiger partial charge on any atom is -0.493 e. The number of nitrogens with zero attached hydrogens (tertiary/aromatic N) is 1. The molecule has 0 saturated carbocycles. The average molecular weight is 330 g/mol. The van der Waals surface area contributed by atoms with E-state index in [1.165, 1.54) is 17.2 Å². The molecule has 1 aromatic heterocycles. The van der Waals surface area contributed by atoms with E-state index >= 15 is 0 Å². The Labute approximate surface area is 145 Å². The lowest BCUT2D eigenvalue weighted by Gasteiger charge is -2.08. The molecule has 0 spiro atoms. The van der Waals surface area contributed by atoms with Gasteiger partial charge in [-0.25, -0.2) is 4.98 Å². The summed E-state index contributed by atoms with van der Waals surface area (Å²) in [4.78, 5) is 18.9. The van der Waals surface area contributed by atoms with Gasteiger partial charge in [-0.05, 0) is 40.5 Å². The molecule has 0 atom stereocenters. The van der Waals surface area contributed by atoms with Gasteiger partial charge in [0.25, 0.3) is 5.56 Å². The molecule has 2 heterocycles. The minimum atomic E-state index is -0.147. The molecular formula is C21H18N2O2. The summed E-state index contributed by atoms with van der Waals surface area (Å²) in [6.45, 7) is 0.743. The van der Waals surface area contributed by atoms with E-state index in [0.29, 0.717) is 12.2 Å². The number of benzene rings is 2. The summed E-state index contributed by atoms with van der Waals surface area (Å²) in [7, 11) is 0. The molecule has 4 nitrogen and oxygen atoms in total. The molecular weight excluding hydrogens is 312 g/mol. The molecule has 0 radical (unpaired) electrons. The van der Waals surface area contributed by atoms with Gasteiger partial charge in [-0.2, -0.15) is 0 Å². The highest BCUT2D eigenvalue weighted by Gasteiger charge is 2.12. The predicted molar refractivity (Wildman–Crippen MR) is 98.5 cm³/mol. The number of aromatic nitrogens is 2. The Morgan fingerprint density at radius 1 is 1.16 bits per heavy atom. The predicted octanol–water partition coefficient (Wildman–Crippen LogP) is 3.49. The Hall–Kier alpha value is -3.14. The number of ether oxygens (including phenoxy) is 1. The van der Waals surface area contributed by atoms with Crippen molar-refractivity contribution >= 4 is 11.6 Å². The van der Waals surface area contributed by atoms with Crippen molar-refractivity contribution in [3.05, 3.63) is 93.7 Å². The highest BCUT2D eigenvalue weighted by Crippen LogP contribution is 2.28. The van der Waals surface area contributed by atoms with Crippen molar-refractivity contribution in [1.82, 2.24) is 9.97 Å². The maximum atomic E-state index is 11.7. The zero-order valence-corrected chi connectivity index (χ0v) is 13.7. The number of nitrogens with one attached hydrogen (secondary N) is 1. The van der Waals surface area contributed by atoms with Gasteiger partial charge in [0.1, 0.15) is 11.6 Å². The summed E-state index contributed by atoms with van der Waals surface area (Å²) < 4.78 is 5.57. The van der Waals surface area contributed by atoms with Gasteiger partial charge in [-0.3, -0.25) is 4.79 Å². The normalized spacial score (nSPS) is 13.4. The monoisotopic (exact) mass is 330 g/mol. The molecule has 0 unspecified atom stereocenters. The van der Waals surface area contributed by atoms with E-state index in [0.717, 1.165) is 29.9 Å². The third-order valence-corrected chi connectivity index (χ3v) is 4.27. The minimum absolute atomic E-state index is 0.147. The maximum Gasteiger partial charge on any atom is 0.251 e. The third-order valence-electron chi connectivity index (χ3n) is 4.27. The van der Waals surface area contributed by atoms with Crippen molar-refractivity contribution in [3.8, 4) is 5.75 Å². The van der Waals surface area contributed by atoms with Crippen LogP contribution in [-0.4, -0.2) is 16.6 Å². The summed E-state index contributed by atoms with van der Waals surface area (Å²) in [6.07, 6.45) is 5.26. The van der Waals surface area contributed by atoms with E-state index in [2.05, 4.69) is 34.2 Å². The molecule has 0 saturated heterocycles. The average Bonchev–Trinajstić information content (AvgIpc) is 3.10. The highest BCUT2D eigenvalue weighted by atomic mass is 16.5. The molecule has 3 aromatic rings. The molecule has 1 aliphatic heterocycles. The Morgan fingerprint density at radius 2 is 2.04 bits per heavy atom. The smallest absolute Gasteiger partial charge is 0.251 e. The molecule has 25 heavy (non-hydrogen) atoms. The third kappa shape index (κ3) is 3.53. The number of allylic oxidation sites excluding steroid dienone is 1. The van der Waals surface area contributed by atoms with Crippen molar-refractivity contribution in [1.29, 1.82) is 0 Å². The van der Waals surface area contributed by atoms with Crippen molar-refractivity contribution in [3.63, 3.8) is 0 Å². The van der Waals surface area contributed by atoms with Gasteiger partial charge in [-0.15, -0.1) is 0 Å². The van der Waals surface area contributed by atoms with Gasteiger partial charge in [0.15, 0.2) is 0 Å².